The Balaban J connectivity index is 1.68. The van der Waals surface area contributed by atoms with Gasteiger partial charge in [0.2, 0.25) is 0 Å². The van der Waals surface area contributed by atoms with E-state index in [4.69, 9.17) is 9.15 Å². The molecule has 0 radical (unpaired) electrons. The van der Waals surface area contributed by atoms with Crippen LogP contribution in [0.3, 0.4) is 0 Å². The van der Waals surface area contributed by atoms with Gasteiger partial charge in [0.25, 0.3) is 5.91 Å². The Morgan fingerprint density at radius 3 is 2.95 bits per heavy atom. The van der Waals surface area contributed by atoms with Gasteiger partial charge in [0.05, 0.1) is 0 Å². The molecule has 0 saturated carbocycles. The number of fused-ring (bicyclic) bond motifs is 1. The summed E-state index contributed by atoms with van der Waals surface area (Å²) in [5.41, 5.74) is 0.0617. The molecule has 1 aliphatic heterocycles. The van der Waals surface area contributed by atoms with E-state index in [0.29, 0.717) is 11.3 Å². The molecule has 1 aromatic heterocycles. The van der Waals surface area contributed by atoms with Gasteiger partial charge in [-0.2, -0.15) is 0 Å². The van der Waals surface area contributed by atoms with Gasteiger partial charge >= 0.3 is 5.63 Å². The maximum atomic E-state index is 12.2. The van der Waals surface area contributed by atoms with Crippen LogP contribution in [-0.2, 0) is 4.79 Å². The zero-order valence-corrected chi connectivity index (χ0v) is 12.6. The van der Waals surface area contributed by atoms with Crippen molar-refractivity contribution in [3.63, 3.8) is 0 Å². The van der Waals surface area contributed by atoms with Crippen molar-refractivity contribution in [2.45, 2.75) is 32.2 Å². The molecule has 116 valence electrons. The highest BCUT2D eigenvalue weighted by molar-refractivity contribution is 5.79. The molecule has 0 spiro atoms. The molecule has 0 N–H and O–H groups in total. The van der Waals surface area contributed by atoms with Crippen molar-refractivity contribution in [3.8, 4) is 5.75 Å². The van der Waals surface area contributed by atoms with Gasteiger partial charge in [-0.25, -0.2) is 4.79 Å². The average Bonchev–Trinajstić information content (AvgIpc) is 2.52. The molecule has 0 unspecified atom stereocenters. The Hall–Kier alpha value is -2.30. The number of amides is 1. The average molecular weight is 301 g/mol. The highest BCUT2D eigenvalue weighted by Gasteiger charge is 2.23. The summed E-state index contributed by atoms with van der Waals surface area (Å²) in [6.07, 6.45) is 3.28. The first-order chi connectivity index (χ1) is 10.6. The normalized spacial score (nSPS) is 18.4. The van der Waals surface area contributed by atoms with E-state index in [1.807, 2.05) is 11.0 Å². The minimum Gasteiger partial charge on any atom is -0.484 e. The highest BCUT2D eigenvalue weighted by atomic mass is 16.5. The minimum atomic E-state index is -0.400. The summed E-state index contributed by atoms with van der Waals surface area (Å²) in [4.78, 5) is 25.3. The van der Waals surface area contributed by atoms with E-state index in [-0.39, 0.29) is 18.6 Å². The highest BCUT2D eigenvalue weighted by Crippen LogP contribution is 2.20. The molecule has 1 fully saturated rings. The fraction of sp³-hybridized carbons (Fsp3) is 0.412. The van der Waals surface area contributed by atoms with Gasteiger partial charge in [-0.15, -0.1) is 0 Å². The maximum Gasteiger partial charge on any atom is 0.336 e. The fourth-order valence-electron chi connectivity index (χ4n) is 2.83. The van der Waals surface area contributed by atoms with Gasteiger partial charge in [0, 0.05) is 30.1 Å². The predicted molar refractivity (Wildman–Crippen MR) is 83.0 cm³/mol. The van der Waals surface area contributed by atoms with Gasteiger partial charge in [0.15, 0.2) is 6.61 Å². The number of likely N-dealkylation sites (tertiary alicyclic amines) is 1. The van der Waals surface area contributed by atoms with Crippen LogP contribution in [0, 0.1) is 0 Å². The molecular formula is C17H19NO4. The van der Waals surface area contributed by atoms with Crippen LogP contribution in [-0.4, -0.2) is 30.0 Å². The molecule has 2 aromatic rings. The summed E-state index contributed by atoms with van der Waals surface area (Å²) in [6, 6.07) is 8.58. The molecule has 22 heavy (non-hydrogen) atoms. The van der Waals surface area contributed by atoms with Crippen LogP contribution >= 0.6 is 0 Å². The van der Waals surface area contributed by atoms with Crippen LogP contribution < -0.4 is 10.4 Å². The van der Waals surface area contributed by atoms with Gasteiger partial charge < -0.3 is 14.1 Å². The first-order valence-electron chi connectivity index (χ1n) is 7.60. The standard InChI is InChI=1S/C17H19NO4/c1-12-4-2-3-9-18(12)16(19)11-21-14-7-5-13-6-8-17(20)22-15(13)10-14/h5-8,10,12H,2-4,9,11H2,1H3/t12-/m0/s1. The smallest absolute Gasteiger partial charge is 0.336 e. The fourth-order valence-corrected chi connectivity index (χ4v) is 2.83. The Kier molecular flexibility index (Phi) is 4.13. The molecule has 0 aliphatic carbocycles. The van der Waals surface area contributed by atoms with E-state index < -0.39 is 5.63 Å². The second kappa shape index (κ2) is 6.22. The quantitative estimate of drug-likeness (QED) is 0.818. The number of hydrogen-bond acceptors (Lipinski definition) is 4. The van der Waals surface area contributed by atoms with E-state index in [1.54, 1.807) is 18.2 Å². The predicted octanol–water partition coefficient (Wildman–Crippen LogP) is 2.57. The van der Waals surface area contributed by atoms with Crippen LogP contribution in [0.25, 0.3) is 11.0 Å². The number of nitrogens with zero attached hydrogens (tertiary/aromatic N) is 1. The monoisotopic (exact) mass is 301 g/mol. The van der Waals surface area contributed by atoms with Crippen molar-refractivity contribution in [1.29, 1.82) is 0 Å². The Morgan fingerprint density at radius 2 is 2.14 bits per heavy atom. The topological polar surface area (TPSA) is 59.8 Å². The number of hydrogen-bond donors (Lipinski definition) is 0. The van der Waals surface area contributed by atoms with Crippen molar-refractivity contribution in [1.82, 2.24) is 4.90 Å². The lowest BCUT2D eigenvalue weighted by atomic mass is 10.0. The zero-order valence-electron chi connectivity index (χ0n) is 12.6. The van der Waals surface area contributed by atoms with Gasteiger partial charge in [-0.1, -0.05) is 0 Å². The van der Waals surface area contributed by atoms with Crippen molar-refractivity contribution in [2.75, 3.05) is 13.2 Å². The molecule has 1 saturated heterocycles. The Bertz CT molecular complexity index is 737. The van der Waals surface area contributed by atoms with E-state index in [9.17, 15) is 9.59 Å². The van der Waals surface area contributed by atoms with Gasteiger partial charge in [-0.3, -0.25) is 4.79 Å². The van der Waals surface area contributed by atoms with Crippen molar-refractivity contribution >= 4 is 16.9 Å². The summed E-state index contributed by atoms with van der Waals surface area (Å²) < 4.78 is 10.7. The summed E-state index contributed by atoms with van der Waals surface area (Å²) in [5.74, 6) is 0.529. The molecule has 0 bridgehead atoms. The van der Waals surface area contributed by atoms with E-state index in [1.165, 1.54) is 12.5 Å². The third-order valence-electron chi connectivity index (χ3n) is 4.08. The lowest BCUT2D eigenvalue weighted by molar-refractivity contribution is -0.136. The number of ether oxygens (including phenoxy) is 1. The first-order valence-corrected chi connectivity index (χ1v) is 7.60. The number of carbonyl (C=O) groups excluding carboxylic acids is 1. The second-order valence-corrected chi connectivity index (χ2v) is 5.67. The second-order valence-electron chi connectivity index (χ2n) is 5.67. The third kappa shape index (κ3) is 3.13. The lowest BCUT2D eigenvalue weighted by Crippen LogP contribution is -2.44. The van der Waals surface area contributed by atoms with Crippen LogP contribution in [0.15, 0.2) is 39.5 Å². The van der Waals surface area contributed by atoms with E-state index >= 15 is 0 Å². The van der Waals surface area contributed by atoms with Crippen molar-refractivity contribution < 1.29 is 13.9 Å². The van der Waals surface area contributed by atoms with Gasteiger partial charge in [0.1, 0.15) is 11.3 Å². The molecule has 3 rings (SSSR count). The number of carbonyl (C=O) groups is 1. The number of piperidine rings is 1. The summed E-state index contributed by atoms with van der Waals surface area (Å²) >= 11 is 0. The van der Waals surface area contributed by atoms with E-state index in [0.717, 1.165) is 24.8 Å². The van der Waals surface area contributed by atoms with E-state index in [2.05, 4.69) is 6.92 Å². The van der Waals surface area contributed by atoms with Crippen molar-refractivity contribution in [2.24, 2.45) is 0 Å². The molecule has 5 nitrogen and oxygen atoms in total. The molecule has 1 aromatic carbocycles. The first kappa shape index (κ1) is 14.6. The summed E-state index contributed by atoms with van der Waals surface area (Å²) in [5, 5.41) is 0.822. The number of rotatable bonds is 3. The number of benzene rings is 1. The molecule has 1 amide bonds. The van der Waals surface area contributed by atoms with Crippen LogP contribution in [0.4, 0.5) is 0 Å². The third-order valence-corrected chi connectivity index (χ3v) is 4.08. The molecule has 2 heterocycles. The largest absolute Gasteiger partial charge is 0.484 e. The molecular weight excluding hydrogens is 282 g/mol. The SMILES string of the molecule is C[C@H]1CCCCN1C(=O)COc1ccc2ccc(=O)oc2c1. The van der Waals surface area contributed by atoms with Crippen molar-refractivity contribution in [3.05, 3.63) is 40.8 Å². The van der Waals surface area contributed by atoms with Gasteiger partial charge in [-0.05, 0) is 44.4 Å². The Labute approximate surface area is 128 Å². The lowest BCUT2D eigenvalue weighted by Gasteiger charge is -2.33. The Morgan fingerprint density at radius 1 is 1.32 bits per heavy atom. The zero-order chi connectivity index (χ0) is 15.5. The molecule has 5 heteroatoms. The van der Waals surface area contributed by atoms with Crippen LogP contribution in [0.1, 0.15) is 26.2 Å². The molecule has 1 atom stereocenters. The summed E-state index contributed by atoms with van der Waals surface area (Å²) in [6.45, 7) is 2.88. The minimum absolute atomic E-state index is 0.00168. The maximum absolute atomic E-state index is 12.2. The summed E-state index contributed by atoms with van der Waals surface area (Å²) in [7, 11) is 0. The van der Waals surface area contributed by atoms with Crippen LogP contribution in [0.2, 0.25) is 0 Å². The molecule has 1 aliphatic rings. The van der Waals surface area contributed by atoms with Crippen LogP contribution in [0.5, 0.6) is 5.75 Å².